The van der Waals surface area contributed by atoms with Crippen molar-refractivity contribution in [2.75, 3.05) is 21.3 Å². The Balaban J connectivity index is 0.00000191. The molecular weight excluding hydrogens is 287 g/mol. The van der Waals surface area contributed by atoms with Gasteiger partial charge in [0.25, 0.3) is 0 Å². The highest BCUT2D eigenvalue weighted by atomic mass is 31.2. The van der Waals surface area contributed by atoms with Crippen molar-refractivity contribution in [3.63, 3.8) is 0 Å². The second-order valence-corrected chi connectivity index (χ2v) is 5.26. The molecule has 3 atom stereocenters. The van der Waals surface area contributed by atoms with Crippen LogP contribution >= 0.6 is 8.38 Å². The van der Waals surface area contributed by atoms with Crippen LogP contribution in [-0.4, -0.2) is 38.4 Å². The molecule has 0 aliphatic carbocycles. The first-order valence-electron chi connectivity index (χ1n) is 7.01. The van der Waals surface area contributed by atoms with Gasteiger partial charge in [-0.2, -0.15) is 0 Å². The van der Waals surface area contributed by atoms with Crippen LogP contribution < -0.4 is 0 Å². The molecule has 21 heavy (non-hydrogen) atoms. The number of hydrogen-bond acceptors (Lipinski definition) is 4. The topological polar surface area (TPSA) is 47.9 Å². The quantitative estimate of drug-likeness (QED) is 0.742. The fourth-order valence-electron chi connectivity index (χ4n) is 1.75. The van der Waals surface area contributed by atoms with Gasteiger partial charge in [-0.05, 0) is 17.5 Å². The SMILES string of the molecule is CC.COC(/C=C/P(O)OC)[C@H](Cc1ccccc1)OC. The molecule has 0 bridgehead atoms. The van der Waals surface area contributed by atoms with Crippen molar-refractivity contribution in [3.05, 3.63) is 47.8 Å². The van der Waals surface area contributed by atoms with Crippen LogP contribution in [0, 0.1) is 0 Å². The van der Waals surface area contributed by atoms with Crippen molar-refractivity contribution in [1.82, 2.24) is 0 Å². The Morgan fingerprint density at radius 1 is 1.10 bits per heavy atom. The number of methoxy groups -OCH3 is 2. The molecule has 2 unspecified atom stereocenters. The zero-order chi connectivity index (χ0) is 16.1. The Labute approximate surface area is 129 Å². The molecule has 0 aromatic heterocycles. The van der Waals surface area contributed by atoms with E-state index in [1.807, 2.05) is 32.0 Å². The second-order valence-electron chi connectivity index (χ2n) is 3.99. The molecule has 0 saturated carbocycles. The second kappa shape index (κ2) is 12.9. The number of hydrogen-bond donors (Lipinski definition) is 1. The maximum absolute atomic E-state index is 9.41. The van der Waals surface area contributed by atoms with Crippen LogP contribution in [0.25, 0.3) is 0 Å². The maximum atomic E-state index is 9.41. The van der Waals surface area contributed by atoms with E-state index < -0.39 is 8.38 Å². The van der Waals surface area contributed by atoms with Crippen LogP contribution in [-0.2, 0) is 20.4 Å². The largest absolute Gasteiger partial charge is 0.378 e. The molecule has 0 heterocycles. The van der Waals surface area contributed by atoms with Crippen LogP contribution in [0.4, 0.5) is 0 Å². The average Bonchev–Trinajstić information content (AvgIpc) is 2.56. The fourth-order valence-corrected chi connectivity index (χ4v) is 2.19. The lowest BCUT2D eigenvalue weighted by atomic mass is 10.0. The number of benzene rings is 1. The van der Waals surface area contributed by atoms with Crippen LogP contribution in [0.2, 0.25) is 0 Å². The summed E-state index contributed by atoms with van der Waals surface area (Å²) in [4.78, 5) is 9.41. The summed E-state index contributed by atoms with van der Waals surface area (Å²) in [6.07, 6.45) is 2.20. The Bertz CT molecular complexity index is 370. The Hall–Kier alpha value is -0.770. The molecule has 4 nitrogen and oxygen atoms in total. The minimum atomic E-state index is -1.52. The van der Waals surface area contributed by atoms with Gasteiger partial charge in [0.1, 0.15) is 6.10 Å². The zero-order valence-corrected chi connectivity index (χ0v) is 14.4. The van der Waals surface area contributed by atoms with Crippen molar-refractivity contribution in [2.24, 2.45) is 0 Å². The average molecular weight is 314 g/mol. The zero-order valence-electron chi connectivity index (χ0n) is 13.5. The molecule has 0 saturated heterocycles. The van der Waals surface area contributed by atoms with E-state index in [1.54, 1.807) is 26.1 Å². The van der Waals surface area contributed by atoms with Crippen LogP contribution in [0.15, 0.2) is 42.2 Å². The van der Waals surface area contributed by atoms with Crippen molar-refractivity contribution >= 4 is 8.38 Å². The summed E-state index contributed by atoms with van der Waals surface area (Å²) in [5, 5.41) is 0. The van der Waals surface area contributed by atoms with Gasteiger partial charge in [-0.25, -0.2) is 0 Å². The maximum Gasteiger partial charge on any atom is 0.194 e. The molecule has 0 amide bonds. The molecule has 0 radical (unpaired) electrons. The first kappa shape index (κ1) is 20.2. The molecule has 0 fully saturated rings. The molecule has 1 aromatic carbocycles. The molecule has 1 rings (SSSR count). The van der Waals surface area contributed by atoms with Crippen molar-refractivity contribution in [1.29, 1.82) is 0 Å². The number of ether oxygens (including phenoxy) is 2. The summed E-state index contributed by atoms with van der Waals surface area (Å²) in [6, 6.07) is 10.1. The van der Waals surface area contributed by atoms with Gasteiger partial charge in [0.05, 0.1) is 6.10 Å². The first-order valence-corrected chi connectivity index (χ1v) is 8.29. The molecule has 1 aromatic rings. The lowest BCUT2D eigenvalue weighted by molar-refractivity contribution is -0.0106. The summed E-state index contributed by atoms with van der Waals surface area (Å²) in [7, 11) is 3.23. The molecule has 5 heteroatoms. The minimum Gasteiger partial charge on any atom is -0.378 e. The molecule has 120 valence electrons. The highest BCUT2D eigenvalue weighted by molar-refractivity contribution is 7.49. The van der Waals surface area contributed by atoms with Gasteiger partial charge in [0, 0.05) is 27.8 Å². The van der Waals surface area contributed by atoms with Gasteiger partial charge in [0.2, 0.25) is 0 Å². The lowest BCUT2D eigenvalue weighted by Gasteiger charge is -2.22. The van der Waals surface area contributed by atoms with E-state index in [0.29, 0.717) is 0 Å². The lowest BCUT2D eigenvalue weighted by Crippen LogP contribution is -2.30. The predicted octanol–water partition coefficient (Wildman–Crippen LogP) is 3.75. The smallest absolute Gasteiger partial charge is 0.194 e. The third-order valence-electron chi connectivity index (χ3n) is 2.81. The Morgan fingerprint density at radius 3 is 2.19 bits per heavy atom. The van der Waals surface area contributed by atoms with Crippen molar-refractivity contribution < 1.29 is 18.9 Å². The summed E-state index contributed by atoms with van der Waals surface area (Å²) in [5.41, 5.74) is 1.18. The Kier molecular flexibility index (Phi) is 12.5. The van der Waals surface area contributed by atoms with Crippen molar-refractivity contribution in [2.45, 2.75) is 32.5 Å². The first-order chi connectivity index (χ1) is 10.2. The number of rotatable bonds is 8. The van der Waals surface area contributed by atoms with E-state index in [1.165, 1.54) is 12.7 Å². The van der Waals surface area contributed by atoms with Crippen LogP contribution in [0.1, 0.15) is 19.4 Å². The van der Waals surface area contributed by atoms with Gasteiger partial charge >= 0.3 is 0 Å². The molecular formula is C16H27O4P. The van der Waals surface area contributed by atoms with Crippen LogP contribution in [0.3, 0.4) is 0 Å². The normalized spacial score (nSPS) is 15.1. The minimum absolute atomic E-state index is 0.107. The highest BCUT2D eigenvalue weighted by Gasteiger charge is 2.19. The van der Waals surface area contributed by atoms with E-state index in [-0.39, 0.29) is 12.2 Å². The van der Waals surface area contributed by atoms with E-state index in [0.717, 1.165) is 6.42 Å². The summed E-state index contributed by atoms with van der Waals surface area (Å²) in [6.45, 7) is 4.00. The van der Waals surface area contributed by atoms with E-state index in [9.17, 15) is 4.89 Å². The van der Waals surface area contributed by atoms with Gasteiger partial charge in [0.15, 0.2) is 8.38 Å². The Morgan fingerprint density at radius 2 is 1.71 bits per heavy atom. The van der Waals surface area contributed by atoms with Gasteiger partial charge in [-0.3, -0.25) is 0 Å². The third-order valence-corrected chi connectivity index (χ3v) is 3.61. The summed E-state index contributed by atoms with van der Waals surface area (Å²) >= 11 is 0. The van der Waals surface area contributed by atoms with Gasteiger partial charge < -0.3 is 18.9 Å². The van der Waals surface area contributed by atoms with E-state index >= 15 is 0 Å². The van der Waals surface area contributed by atoms with Gasteiger partial charge in [-0.15, -0.1) is 0 Å². The summed E-state index contributed by atoms with van der Waals surface area (Å²) in [5.74, 6) is 1.61. The van der Waals surface area contributed by atoms with Gasteiger partial charge in [-0.1, -0.05) is 44.2 Å². The highest BCUT2D eigenvalue weighted by Crippen LogP contribution is 2.31. The standard InChI is InChI=1S/C14H21O4P.C2H6/c1-16-13(9-10-19(15)18-3)14(17-2)11-12-7-5-4-6-8-12;1-2/h4-10,13-15H,11H2,1-3H3;1-2H3/b10-9+;/t13?,14-,19?;/m0./s1. The molecule has 0 spiro atoms. The van der Waals surface area contributed by atoms with E-state index in [4.69, 9.17) is 14.0 Å². The molecule has 0 aliphatic rings. The van der Waals surface area contributed by atoms with E-state index in [2.05, 4.69) is 12.1 Å². The monoisotopic (exact) mass is 314 g/mol. The van der Waals surface area contributed by atoms with Crippen molar-refractivity contribution in [3.8, 4) is 0 Å². The summed E-state index contributed by atoms with van der Waals surface area (Å²) < 4.78 is 15.7. The van der Waals surface area contributed by atoms with Crippen LogP contribution in [0.5, 0.6) is 0 Å². The fraction of sp³-hybridized carbons (Fsp3) is 0.500. The molecule has 1 N–H and O–H groups in total. The predicted molar refractivity (Wildman–Crippen MR) is 88.4 cm³/mol. The third kappa shape index (κ3) is 8.30. The molecule has 0 aliphatic heterocycles.